The van der Waals surface area contributed by atoms with Gasteiger partial charge in [-0.3, -0.25) is 13.9 Å². The monoisotopic (exact) mass is 623 g/mol. The standard InChI is InChI=1S/C29H32Cl3N3O4S/c1-4-5-16-33-29(37)21(3)34(18-22-8-9-24(31)17-27(22)32)28(36)19-35(25-12-10-23(30)11-13-25)40(38,39)26-14-6-20(2)7-15-26/h6-15,17,21H,4-5,16,18-19H2,1-3H3,(H,33,37). The van der Waals surface area contributed by atoms with Crippen molar-refractivity contribution < 1.29 is 18.0 Å². The number of hydrogen-bond donors (Lipinski definition) is 1. The smallest absolute Gasteiger partial charge is 0.264 e. The number of amides is 2. The summed E-state index contributed by atoms with van der Waals surface area (Å²) in [5.74, 6) is -0.943. The number of nitrogens with zero attached hydrogens (tertiary/aromatic N) is 2. The highest BCUT2D eigenvalue weighted by molar-refractivity contribution is 7.92. The molecular weight excluding hydrogens is 593 g/mol. The van der Waals surface area contributed by atoms with Crippen LogP contribution < -0.4 is 9.62 Å². The van der Waals surface area contributed by atoms with Gasteiger partial charge in [0.2, 0.25) is 11.8 Å². The lowest BCUT2D eigenvalue weighted by molar-refractivity contribution is -0.139. The molecule has 0 saturated carbocycles. The predicted molar refractivity (Wildman–Crippen MR) is 162 cm³/mol. The minimum atomic E-state index is -4.16. The molecule has 0 aliphatic carbocycles. The number of carbonyl (C=O) groups is 2. The van der Waals surface area contributed by atoms with Crippen LogP contribution in [0.3, 0.4) is 0 Å². The number of unbranched alkanes of at least 4 members (excludes halogenated alkanes) is 1. The number of nitrogens with one attached hydrogen (secondary N) is 1. The van der Waals surface area contributed by atoms with Crippen molar-refractivity contribution in [1.29, 1.82) is 0 Å². The van der Waals surface area contributed by atoms with Crippen LogP contribution in [0, 0.1) is 6.92 Å². The van der Waals surface area contributed by atoms with E-state index in [0.717, 1.165) is 22.7 Å². The van der Waals surface area contributed by atoms with E-state index in [2.05, 4.69) is 5.32 Å². The first-order valence-corrected chi connectivity index (χ1v) is 15.4. The van der Waals surface area contributed by atoms with Crippen molar-refractivity contribution in [2.45, 2.75) is 51.1 Å². The average Bonchev–Trinajstić information content (AvgIpc) is 2.91. The summed E-state index contributed by atoms with van der Waals surface area (Å²) < 4.78 is 28.7. The average molecular weight is 625 g/mol. The zero-order chi connectivity index (χ0) is 29.4. The maximum Gasteiger partial charge on any atom is 0.264 e. The van der Waals surface area contributed by atoms with Gasteiger partial charge in [0, 0.05) is 28.2 Å². The molecule has 0 spiro atoms. The molecule has 0 fully saturated rings. The SMILES string of the molecule is CCCCNC(=O)C(C)N(Cc1ccc(Cl)cc1Cl)C(=O)CN(c1ccc(Cl)cc1)S(=O)(=O)c1ccc(C)cc1. The van der Waals surface area contributed by atoms with Crippen molar-refractivity contribution in [3.05, 3.63) is 92.9 Å². The van der Waals surface area contributed by atoms with Gasteiger partial charge in [0.25, 0.3) is 10.0 Å². The fourth-order valence-corrected chi connectivity index (χ4v) is 5.93. The van der Waals surface area contributed by atoms with Crippen LogP contribution in [0.5, 0.6) is 0 Å². The molecule has 0 aliphatic heterocycles. The molecule has 2 amide bonds. The highest BCUT2D eigenvalue weighted by atomic mass is 35.5. The summed E-state index contributed by atoms with van der Waals surface area (Å²) in [6.45, 7) is 5.33. The van der Waals surface area contributed by atoms with Crippen molar-refractivity contribution in [1.82, 2.24) is 10.2 Å². The number of carbonyl (C=O) groups excluding carboxylic acids is 2. The number of sulfonamides is 1. The molecule has 0 bridgehead atoms. The molecular formula is C29H32Cl3N3O4S. The Morgan fingerprint density at radius 2 is 1.55 bits per heavy atom. The van der Waals surface area contributed by atoms with E-state index in [1.54, 1.807) is 49.4 Å². The van der Waals surface area contributed by atoms with Gasteiger partial charge in [-0.05, 0) is 74.4 Å². The van der Waals surface area contributed by atoms with Gasteiger partial charge in [0.1, 0.15) is 12.6 Å². The second kappa shape index (κ2) is 14.2. The molecule has 0 radical (unpaired) electrons. The molecule has 1 N–H and O–H groups in total. The van der Waals surface area contributed by atoms with Crippen molar-refractivity contribution >= 4 is 62.3 Å². The van der Waals surface area contributed by atoms with E-state index < -0.39 is 28.5 Å². The van der Waals surface area contributed by atoms with E-state index in [1.165, 1.54) is 29.2 Å². The molecule has 40 heavy (non-hydrogen) atoms. The minimum absolute atomic E-state index is 0.0264. The highest BCUT2D eigenvalue weighted by Gasteiger charge is 2.32. The summed E-state index contributed by atoms with van der Waals surface area (Å²) in [5.41, 5.74) is 1.71. The summed E-state index contributed by atoms with van der Waals surface area (Å²) in [6, 6.07) is 16.5. The van der Waals surface area contributed by atoms with E-state index in [9.17, 15) is 18.0 Å². The van der Waals surface area contributed by atoms with E-state index in [1.807, 2.05) is 13.8 Å². The van der Waals surface area contributed by atoms with Crippen LogP contribution in [0.15, 0.2) is 71.6 Å². The van der Waals surface area contributed by atoms with Gasteiger partial charge >= 0.3 is 0 Å². The fourth-order valence-electron chi connectivity index (χ4n) is 3.93. The molecule has 0 heterocycles. The van der Waals surface area contributed by atoms with E-state index in [0.29, 0.717) is 27.2 Å². The first kappa shape index (κ1) is 31.7. The van der Waals surface area contributed by atoms with Gasteiger partial charge in [-0.25, -0.2) is 8.42 Å². The highest BCUT2D eigenvalue weighted by Crippen LogP contribution is 2.27. The Morgan fingerprint density at radius 1 is 0.925 bits per heavy atom. The van der Waals surface area contributed by atoms with Crippen LogP contribution in [0.25, 0.3) is 0 Å². The van der Waals surface area contributed by atoms with E-state index >= 15 is 0 Å². The molecule has 7 nitrogen and oxygen atoms in total. The maximum absolute atomic E-state index is 13.9. The summed E-state index contributed by atoms with van der Waals surface area (Å²) in [5, 5.41) is 4.01. The molecule has 0 saturated heterocycles. The van der Waals surface area contributed by atoms with Gasteiger partial charge in [-0.1, -0.05) is 71.9 Å². The van der Waals surface area contributed by atoms with Crippen molar-refractivity contribution in [2.24, 2.45) is 0 Å². The molecule has 1 unspecified atom stereocenters. The summed E-state index contributed by atoms with van der Waals surface area (Å²) in [4.78, 5) is 28.3. The second-order valence-electron chi connectivity index (χ2n) is 9.38. The van der Waals surface area contributed by atoms with E-state index in [4.69, 9.17) is 34.8 Å². The van der Waals surface area contributed by atoms with Crippen LogP contribution in [0.2, 0.25) is 15.1 Å². The summed E-state index contributed by atoms with van der Waals surface area (Å²) in [6.07, 6.45) is 1.68. The van der Waals surface area contributed by atoms with Crippen LogP contribution in [-0.4, -0.2) is 44.3 Å². The number of aryl methyl sites for hydroxylation is 1. The normalized spacial score (nSPS) is 12.1. The van der Waals surface area contributed by atoms with Crippen LogP contribution >= 0.6 is 34.8 Å². The van der Waals surface area contributed by atoms with Crippen LogP contribution in [0.1, 0.15) is 37.8 Å². The number of halogens is 3. The Bertz CT molecular complexity index is 1430. The minimum Gasteiger partial charge on any atom is -0.354 e. The van der Waals surface area contributed by atoms with Gasteiger partial charge in [-0.15, -0.1) is 0 Å². The molecule has 0 aromatic heterocycles. The predicted octanol–water partition coefficient (Wildman–Crippen LogP) is 6.48. The van der Waals surface area contributed by atoms with Crippen molar-refractivity contribution in [3.8, 4) is 0 Å². The molecule has 214 valence electrons. The molecule has 0 aliphatic rings. The number of rotatable bonds is 12. The Labute approximate surface area is 251 Å². The van der Waals surface area contributed by atoms with Crippen molar-refractivity contribution in [3.63, 3.8) is 0 Å². The zero-order valence-corrected chi connectivity index (χ0v) is 25.6. The lowest BCUT2D eigenvalue weighted by Gasteiger charge is -2.32. The maximum atomic E-state index is 13.9. The number of anilines is 1. The lowest BCUT2D eigenvalue weighted by atomic mass is 10.1. The van der Waals surface area contributed by atoms with Crippen LogP contribution in [0.4, 0.5) is 5.69 Å². The molecule has 3 rings (SSSR count). The fraction of sp³-hybridized carbons (Fsp3) is 0.310. The number of hydrogen-bond acceptors (Lipinski definition) is 4. The molecule has 1 atom stereocenters. The van der Waals surface area contributed by atoms with Gasteiger partial charge in [0.05, 0.1) is 10.6 Å². The van der Waals surface area contributed by atoms with Crippen molar-refractivity contribution in [2.75, 3.05) is 17.4 Å². The Morgan fingerprint density at radius 3 is 2.15 bits per heavy atom. The first-order valence-electron chi connectivity index (χ1n) is 12.8. The summed E-state index contributed by atoms with van der Waals surface area (Å²) in [7, 11) is -4.16. The lowest BCUT2D eigenvalue weighted by Crippen LogP contribution is -2.51. The topological polar surface area (TPSA) is 86.8 Å². The third kappa shape index (κ3) is 8.13. The Hall–Kier alpha value is -2.78. The third-order valence-corrected chi connectivity index (χ3v) is 8.98. The Kier molecular flexibility index (Phi) is 11.3. The largest absolute Gasteiger partial charge is 0.354 e. The van der Waals surface area contributed by atoms with E-state index in [-0.39, 0.29) is 23.0 Å². The quantitative estimate of drug-likeness (QED) is 0.234. The first-order chi connectivity index (χ1) is 18.9. The second-order valence-corrected chi connectivity index (χ2v) is 12.5. The molecule has 11 heteroatoms. The molecule has 3 aromatic rings. The summed E-state index contributed by atoms with van der Waals surface area (Å²) >= 11 is 18.5. The van der Waals surface area contributed by atoms with Crippen LogP contribution in [-0.2, 0) is 26.2 Å². The third-order valence-electron chi connectivity index (χ3n) is 6.36. The molecule has 3 aromatic carbocycles. The Balaban J connectivity index is 2.01. The number of benzene rings is 3. The van der Waals surface area contributed by atoms with Gasteiger partial charge in [0.15, 0.2) is 0 Å². The van der Waals surface area contributed by atoms with Gasteiger partial charge < -0.3 is 10.2 Å². The van der Waals surface area contributed by atoms with Gasteiger partial charge in [-0.2, -0.15) is 0 Å². The zero-order valence-electron chi connectivity index (χ0n) is 22.5.